The van der Waals surface area contributed by atoms with Gasteiger partial charge in [0, 0.05) is 38.4 Å². The van der Waals surface area contributed by atoms with Gasteiger partial charge in [-0.05, 0) is 36.8 Å². The Morgan fingerprint density at radius 3 is 2.52 bits per heavy atom. The molecule has 1 aliphatic rings. The molecule has 0 spiro atoms. The number of carbonyl (C=O) groups excluding carboxylic acids is 1. The van der Waals surface area contributed by atoms with E-state index in [9.17, 15) is 9.18 Å². The number of halogens is 1. The second kappa shape index (κ2) is 8.22. The molecule has 1 aromatic carbocycles. The van der Waals surface area contributed by atoms with E-state index >= 15 is 0 Å². The summed E-state index contributed by atoms with van der Waals surface area (Å²) < 4.78 is 13.9. The monoisotopic (exact) mass is 392 g/mol. The maximum atomic E-state index is 13.9. The summed E-state index contributed by atoms with van der Waals surface area (Å²) in [5.74, 6) is 1.37. The van der Waals surface area contributed by atoms with Crippen LogP contribution in [0.3, 0.4) is 0 Å². The topological polar surface area (TPSA) is 74.2 Å². The van der Waals surface area contributed by atoms with Crippen LogP contribution in [-0.2, 0) is 0 Å². The first kappa shape index (κ1) is 18.8. The van der Waals surface area contributed by atoms with Gasteiger partial charge in [0.05, 0.1) is 5.56 Å². The predicted octanol–water partition coefficient (Wildman–Crippen LogP) is 3.03. The Morgan fingerprint density at radius 1 is 1.00 bits per heavy atom. The van der Waals surface area contributed by atoms with E-state index in [1.54, 1.807) is 23.2 Å². The van der Waals surface area contributed by atoms with Gasteiger partial charge in [0.15, 0.2) is 0 Å². The van der Waals surface area contributed by atoms with Crippen molar-refractivity contribution in [1.29, 1.82) is 0 Å². The van der Waals surface area contributed by atoms with Gasteiger partial charge in [-0.3, -0.25) is 4.79 Å². The Balaban J connectivity index is 1.41. The summed E-state index contributed by atoms with van der Waals surface area (Å²) in [5, 5.41) is 3.18. The SMILES string of the molecule is Cc1ccnc(Nc2cc(N3CCN(C(=O)c4ccccc4F)CC3)ncn2)c1. The number of aromatic nitrogens is 3. The smallest absolute Gasteiger partial charge is 0.256 e. The molecule has 3 aromatic rings. The lowest BCUT2D eigenvalue weighted by molar-refractivity contribution is 0.0742. The summed E-state index contributed by atoms with van der Waals surface area (Å²) in [5.41, 5.74) is 1.22. The molecule has 0 bridgehead atoms. The zero-order valence-corrected chi connectivity index (χ0v) is 16.0. The van der Waals surface area contributed by atoms with Crippen LogP contribution >= 0.6 is 0 Å². The van der Waals surface area contributed by atoms with Crippen LogP contribution in [0.1, 0.15) is 15.9 Å². The number of nitrogens with one attached hydrogen (secondary N) is 1. The molecule has 1 saturated heterocycles. The summed E-state index contributed by atoms with van der Waals surface area (Å²) in [4.78, 5) is 29.2. The molecular weight excluding hydrogens is 371 g/mol. The first-order valence-electron chi connectivity index (χ1n) is 9.40. The zero-order valence-electron chi connectivity index (χ0n) is 16.0. The molecular formula is C21H21FN6O. The largest absolute Gasteiger partial charge is 0.353 e. The van der Waals surface area contributed by atoms with E-state index in [1.807, 2.05) is 25.1 Å². The molecule has 0 saturated carbocycles. The molecule has 1 fully saturated rings. The van der Waals surface area contributed by atoms with Gasteiger partial charge in [0.1, 0.15) is 29.6 Å². The molecule has 1 aliphatic heterocycles. The Bertz CT molecular complexity index is 1020. The molecule has 2 aromatic heterocycles. The van der Waals surface area contributed by atoms with Crippen LogP contribution in [0, 0.1) is 12.7 Å². The molecule has 3 heterocycles. The number of amides is 1. The number of pyridine rings is 1. The zero-order chi connectivity index (χ0) is 20.2. The number of anilines is 3. The van der Waals surface area contributed by atoms with E-state index in [2.05, 4.69) is 25.2 Å². The van der Waals surface area contributed by atoms with Gasteiger partial charge in [0.2, 0.25) is 0 Å². The van der Waals surface area contributed by atoms with Crippen LogP contribution < -0.4 is 10.2 Å². The van der Waals surface area contributed by atoms with Gasteiger partial charge >= 0.3 is 0 Å². The predicted molar refractivity (Wildman–Crippen MR) is 109 cm³/mol. The molecule has 1 N–H and O–H groups in total. The van der Waals surface area contributed by atoms with Gasteiger partial charge in [-0.25, -0.2) is 19.3 Å². The summed E-state index contributed by atoms with van der Waals surface area (Å²) in [7, 11) is 0. The van der Waals surface area contributed by atoms with Crippen LogP contribution in [0.25, 0.3) is 0 Å². The maximum Gasteiger partial charge on any atom is 0.256 e. The minimum absolute atomic E-state index is 0.111. The highest BCUT2D eigenvalue weighted by atomic mass is 19.1. The van der Waals surface area contributed by atoms with Crippen molar-refractivity contribution in [3.05, 3.63) is 71.9 Å². The van der Waals surface area contributed by atoms with E-state index in [0.29, 0.717) is 32.0 Å². The average Bonchev–Trinajstić information content (AvgIpc) is 2.74. The Kier molecular flexibility index (Phi) is 5.33. The van der Waals surface area contributed by atoms with Crippen LogP contribution in [-0.4, -0.2) is 51.9 Å². The van der Waals surface area contributed by atoms with E-state index in [-0.39, 0.29) is 11.5 Å². The number of hydrogen-bond acceptors (Lipinski definition) is 6. The van der Waals surface area contributed by atoms with E-state index in [4.69, 9.17) is 0 Å². The fraction of sp³-hybridized carbons (Fsp3) is 0.238. The van der Waals surface area contributed by atoms with Crippen LogP contribution in [0.2, 0.25) is 0 Å². The highest BCUT2D eigenvalue weighted by Crippen LogP contribution is 2.20. The molecule has 148 valence electrons. The van der Waals surface area contributed by atoms with Gasteiger partial charge < -0.3 is 15.1 Å². The number of aryl methyl sites for hydroxylation is 1. The van der Waals surface area contributed by atoms with Crippen molar-refractivity contribution in [1.82, 2.24) is 19.9 Å². The second-order valence-corrected chi connectivity index (χ2v) is 6.86. The fourth-order valence-corrected chi connectivity index (χ4v) is 3.27. The second-order valence-electron chi connectivity index (χ2n) is 6.86. The summed E-state index contributed by atoms with van der Waals surface area (Å²) in [6.07, 6.45) is 3.25. The van der Waals surface area contributed by atoms with Crippen molar-refractivity contribution in [2.75, 3.05) is 36.4 Å². The third-order valence-corrected chi connectivity index (χ3v) is 4.82. The van der Waals surface area contributed by atoms with E-state index in [1.165, 1.54) is 18.5 Å². The van der Waals surface area contributed by atoms with Crippen LogP contribution in [0.5, 0.6) is 0 Å². The lowest BCUT2D eigenvalue weighted by Crippen LogP contribution is -2.49. The standard InChI is InChI=1S/C21H21FN6O/c1-15-6-7-23-18(12-15)26-19-13-20(25-14-24-19)27-8-10-28(11-9-27)21(29)16-4-2-3-5-17(16)22/h2-7,12-14H,8-11H2,1H3,(H,23,24,25,26). The minimum atomic E-state index is -0.490. The van der Waals surface area contributed by atoms with Crippen molar-refractivity contribution in [3.63, 3.8) is 0 Å². The van der Waals surface area contributed by atoms with Crippen molar-refractivity contribution < 1.29 is 9.18 Å². The molecule has 29 heavy (non-hydrogen) atoms. The van der Waals surface area contributed by atoms with Crippen LogP contribution in [0.4, 0.5) is 21.8 Å². The molecule has 0 unspecified atom stereocenters. The highest BCUT2D eigenvalue weighted by molar-refractivity contribution is 5.94. The number of benzene rings is 1. The first-order chi connectivity index (χ1) is 14.1. The molecule has 0 atom stereocenters. The summed E-state index contributed by atoms with van der Waals surface area (Å²) >= 11 is 0. The molecule has 0 aliphatic carbocycles. The van der Waals surface area contributed by atoms with Gasteiger partial charge in [-0.1, -0.05) is 12.1 Å². The molecule has 4 rings (SSSR count). The maximum absolute atomic E-state index is 13.9. The Morgan fingerprint density at radius 2 is 1.76 bits per heavy atom. The number of rotatable bonds is 4. The van der Waals surface area contributed by atoms with Crippen molar-refractivity contribution in [3.8, 4) is 0 Å². The first-order valence-corrected chi connectivity index (χ1v) is 9.40. The highest BCUT2D eigenvalue weighted by Gasteiger charge is 2.24. The quantitative estimate of drug-likeness (QED) is 0.736. The van der Waals surface area contributed by atoms with Gasteiger partial charge in [-0.2, -0.15) is 0 Å². The minimum Gasteiger partial charge on any atom is -0.353 e. The van der Waals surface area contributed by atoms with Gasteiger partial charge in [0.25, 0.3) is 5.91 Å². The molecule has 0 radical (unpaired) electrons. The number of hydrogen-bond donors (Lipinski definition) is 1. The molecule has 8 heteroatoms. The van der Waals surface area contributed by atoms with Crippen molar-refractivity contribution >= 4 is 23.4 Å². The number of carbonyl (C=O) groups is 1. The number of piperazine rings is 1. The third kappa shape index (κ3) is 4.31. The summed E-state index contributed by atoms with van der Waals surface area (Å²) in [6.45, 7) is 4.22. The molecule has 1 amide bonds. The normalized spacial score (nSPS) is 14.0. The van der Waals surface area contributed by atoms with Crippen molar-refractivity contribution in [2.24, 2.45) is 0 Å². The third-order valence-electron chi connectivity index (χ3n) is 4.82. The van der Waals surface area contributed by atoms with Crippen molar-refractivity contribution in [2.45, 2.75) is 6.92 Å². The average molecular weight is 392 g/mol. The summed E-state index contributed by atoms with van der Waals surface area (Å²) in [6, 6.07) is 11.8. The van der Waals surface area contributed by atoms with Gasteiger partial charge in [-0.15, -0.1) is 0 Å². The number of nitrogens with zero attached hydrogens (tertiary/aromatic N) is 5. The Hall–Kier alpha value is -3.55. The van der Waals surface area contributed by atoms with E-state index < -0.39 is 5.82 Å². The lowest BCUT2D eigenvalue weighted by atomic mass is 10.1. The lowest BCUT2D eigenvalue weighted by Gasteiger charge is -2.35. The van der Waals surface area contributed by atoms with Crippen LogP contribution in [0.15, 0.2) is 55.0 Å². The molecule has 7 nitrogen and oxygen atoms in total. The Labute approximate surface area is 168 Å². The fourth-order valence-electron chi connectivity index (χ4n) is 3.27. The van der Waals surface area contributed by atoms with E-state index in [0.717, 1.165) is 17.2 Å².